The molecule has 0 saturated heterocycles. The van der Waals surface area contributed by atoms with Crippen LogP contribution in [0.15, 0.2) is 41.4 Å². The quantitative estimate of drug-likeness (QED) is 0.922. The summed E-state index contributed by atoms with van der Waals surface area (Å²) in [7, 11) is -1.04. The molecule has 0 radical (unpaired) electrons. The van der Waals surface area contributed by atoms with Gasteiger partial charge in [0.1, 0.15) is 5.82 Å². The minimum Gasteiger partial charge on any atom is -0.384 e. The monoisotopic (exact) mass is 260 g/mol. The number of hydrogen-bond donors (Lipinski definition) is 1. The Morgan fingerprint density at radius 3 is 2.56 bits per heavy atom. The van der Waals surface area contributed by atoms with Gasteiger partial charge in [-0.25, -0.2) is 4.98 Å². The summed E-state index contributed by atoms with van der Waals surface area (Å²) in [6.45, 7) is 4.08. The number of nitrogen functional groups attached to an aromatic ring is 1. The van der Waals surface area contributed by atoms with Crippen LogP contribution in [0.2, 0.25) is 0 Å². The fraction of sp³-hybridized carbons (Fsp3) is 0.214. The van der Waals surface area contributed by atoms with Crippen molar-refractivity contribution >= 4 is 16.6 Å². The number of nitrogens with zero attached hydrogens (tertiary/aromatic N) is 1. The van der Waals surface area contributed by atoms with Crippen molar-refractivity contribution in [2.45, 2.75) is 24.5 Å². The topological polar surface area (TPSA) is 56.0 Å². The molecule has 0 bridgehead atoms. The van der Waals surface area contributed by atoms with Crippen LogP contribution in [-0.2, 0) is 16.6 Å². The number of aryl methyl sites for hydroxylation is 2. The molecule has 1 atom stereocenters. The first-order valence-corrected chi connectivity index (χ1v) is 7.04. The lowest BCUT2D eigenvalue weighted by Crippen LogP contribution is -1.99. The Balaban J connectivity index is 2.16. The minimum atomic E-state index is -1.04. The Morgan fingerprint density at radius 2 is 1.94 bits per heavy atom. The zero-order valence-corrected chi connectivity index (χ0v) is 11.3. The van der Waals surface area contributed by atoms with E-state index < -0.39 is 10.8 Å². The van der Waals surface area contributed by atoms with Crippen LogP contribution in [0, 0.1) is 13.8 Å². The summed E-state index contributed by atoms with van der Waals surface area (Å²) in [4.78, 5) is 4.86. The smallest absolute Gasteiger partial charge is 0.123 e. The highest BCUT2D eigenvalue weighted by Crippen LogP contribution is 2.16. The second kappa shape index (κ2) is 5.31. The van der Waals surface area contributed by atoms with Crippen LogP contribution in [0.1, 0.15) is 16.7 Å². The van der Waals surface area contributed by atoms with Gasteiger partial charge in [0.2, 0.25) is 0 Å². The summed E-state index contributed by atoms with van der Waals surface area (Å²) in [6.07, 6.45) is 1.67. The van der Waals surface area contributed by atoms with Crippen LogP contribution >= 0.6 is 0 Å². The fourth-order valence-electron chi connectivity index (χ4n) is 1.61. The summed E-state index contributed by atoms with van der Waals surface area (Å²) in [5.74, 6) is 0.950. The van der Waals surface area contributed by atoms with Crippen molar-refractivity contribution in [3.8, 4) is 0 Å². The zero-order valence-electron chi connectivity index (χ0n) is 10.5. The molecular weight excluding hydrogens is 244 g/mol. The lowest BCUT2D eigenvalue weighted by Gasteiger charge is -2.05. The van der Waals surface area contributed by atoms with Gasteiger partial charge in [0.25, 0.3) is 0 Å². The molecule has 1 aromatic heterocycles. The van der Waals surface area contributed by atoms with Gasteiger partial charge in [-0.2, -0.15) is 0 Å². The minimum absolute atomic E-state index is 0.468. The van der Waals surface area contributed by atoms with Gasteiger partial charge in [-0.15, -0.1) is 0 Å². The number of anilines is 1. The van der Waals surface area contributed by atoms with E-state index in [1.54, 1.807) is 12.3 Å². The van der Waals surface area contributed by atoms with Crippen LogP contribution in [0.25, 0.3) is 0 Å². The third-order valence-electron chi connectivity index (χ3n) is 2.89. The normalized spacial score (nSPS) is 12.3. The van der Waals surface area contributed by atoms with Crippen LogP contribution in [-0.4, -0.2) is 9.19 Å². The average Bonchev–Trinajstić information content (AvgIpc) is 2.35. The lowest BCUT2D eigenvalue weighted by atomic mass is 10.1. The van der Waals surface area contributed by atoms with E-state index in [0.717, 1.165) is 16.0 Å². The molecule has 3 nitrogen and oxygen atoms in total. The third-order valence-corrected chi connectivity index (χ3v) is 4.26. The van der Waals surface area contributed by atoms with Crippen LogP contribution in [0.3, 0.4) is 0 Å². The summed E-state index contributed by atoms with van der Waals surface area (Å²) in [6, 6.07) is 9.50. The molecule has 0 fully saturated rings. The van der Waals surface area contributed by atoms with Gasteiger partial charge >= 0.3 is 0 Å². The van der Waals surface area contributed by atoms with Crippen molar-refractivity contribution in [2.24, 2.45) is 0 Å². The first kappa shape index (κ1) is 12.8. The van der Waals surface area contributed by atoms with Crippen molar-refractivity contribution in [3.05, 3.63) is 53.2 Å². The molecule has 0 amide bonds. The maximum absolute atomic E-state index is 12.2. The lowest BCUT2D eigenvalue weighted by molar-refractivity contribution is 0.682. The van der Waals surface area contributed by atoms with Gasteiger partial charge < -0.3 is 5.73 Å². The summed E-state index contributed by atoms with van der Waals surface area (Å²) < 4.78 is 12.2. The second-order valence-corrected chi connectivity index (χ2v) is 5.78. The van der Waals surface area contributed by atoms with E-state index in [4.69, 9.17) is 5.73 Å². The van der Waals surface area contributed by atoms with Crippen LogP contribution < -0.4 is 5.73 Å². The van der Waals surface area contributed by atoms with Crippen molar-refractivity contribution in [3.63, 3.8) is 0 Å². The molecule has 4 heteroatoms. The van der Waals surface area contributed by atoms with Crippen molar-refractivity contribution in [1.82, 2.24) is 4.98 Å². The molecule has 0 saturated carbocycles. The SMILES string of the molecule is Cc1ccc(S(=O)Cc2ccc(N)nc2)cc1C. The Hall–Kier alpha value is -1.68. The number of hydrogen-bond acceptors (Lipinski definition) is 3. The van der Waals surface area contributed by atoms with E-state index in [1.807, 2.05) is 38.1 Å². The zero-order chi connectivity index (χ0) is 13.1. The Morgan fingerprint density at radius 1 is 1.17 bits per heavy atom. The molecule has 0 spiro atoms. The predicted molar refractivity (Wildman–Crippen MR) is 74.7 cm³/mol. The van der Waals surface area contributed by atoms with E-state index in [-0.39, 0.29) is 0 Å². The number of aromatic nitrogens is 1. The molecule has 0 aliphatic heterocycles. The molecule has 18 heavy (non-hydrogen) atoms. The van der Waals surface area contributed by atoms with Gasteiger partial charge in [-0.1, -0.05) is 12.1 Å². The predicted octanol–water partition coefficient (Wildman–Crippen LogP) is 2.59. The van der Waals surface area contributed by atoms with Gasteiger partial charge in [0.05, 0.1) is 16.6 Å². The maximum atomic E-state index is 12.2. The first-order chi connectivity index (χ1) is 8.56. The molecule has 94 valence electrons. The molecule has 1 heterocycles. The molecule has 2 aromatic rings. The van der Waals surface area contributed by atoms with E-state index in [9.17, 15) is 4.21 Å². The van der Waals surface area contributed by atoms with Crippen molar-refractivity contribution < 1.29 is 4.21 Å². The number of benzene rings is 1. The molecule has 2 rings (SSSR count). The molecule has 1 unspecified atom stereocenters. The Labute approximate surface area is 110 Å². The molecule has 2 N–H and O–H groups in total. The second-order valence-electron chi connectivity index (χ2n) is 4.33. The average molecular weight is 260 g/mol. The molecular formula is C14H16N2OS. The number of nitrogens with two attached hydrogens (primary N) is 1. The van der Waals surface area contributed by atoms with Gasteiger partial charge in [0, 0.05) is 11.1 Å². The standard InChI is InChI=1S/C14H16N2OS/c1-10-3-5-13(7-11(10)2)18(17)9-12-4-6-14(15)16-8-12/h3-8H,9H2,1-2H3,(H2,15,16). The third kappa shape index (κ3) is 2.96. The molecule has 0 aliphatic rings. The first-order valence-electron chi connectivity index (χ1n) is 5.72. The van der Waals surface area contributed by atoms with Gasteiger partial charge in [-0.05, 0) is 48.7 Å². The Kier molecular flexibility index (Phi) is 3.77. The van der Waals surface area contributed by atoms with E-state index in [1.165, 1.54) is 5.56 Å². The highest BCUT2D eigenvalue weighted by molar-refractivity contribution is 7.84. The van der Waals surface area contributed by atoms with E-state index in [0.29, 0.717) is 11.6 Å². The van der Waals surface area contributed by atoms with Gasteiger partial charge in [0.15, 0.2) is 0 Å². The summed E-state index contributed by atoms with van der Waals surface area (Å²) >= 11 is 0. The Bertz CT molecular complexity index is 579. The van der Waals surface area contributed by atoms with E-state index in [2.05, 4.69) is 4.98 Å². The van der Waals surface area contributed by atoms with Crippen molar-refractivity contribution in [1.29, 1.82) is 0 Å². The van der Waals surface area contributed by atoms with Crippen molar-refractivity contribution in [2.75, 3.05) is 5.73 Å². The number of rotatable bonds is 3. The summed E-state index contributed by atoms with van der Waals surface area (Å²) in [5, 5.41) is 0. The molecule has 1 aromatic carbocycles. The number of pyridine rings is 1. The van der Waals surface area contributed by atoms with Gasteiger partial charge in [-0.3, -0.25) is 4.21 Å². The highest BCUT2D eigenvalue weighted by atomic mass is 32.2. The largest absolute Gasteiger partial charge is 0.384 e. The summed E-state index contributed by atoms with van der Waals surface area (Å²) in [5.41, 5.74) is 8.83. The molecule has 0 aliphatic carbocycles. The van der Waals surface area contributed by atoms with Crippen LogP contribution in [0.5, 0.6) is 0 Å². The van der Waals surface area contributed by atoms with E-state index >= 15 is 0 Å². The fourth-order valence-corrected chi connectivity index (χ4v) is 2.78. The van der Waals surface area contributed by atoms with Crippen LogP contribution in [0.4, 0.5) is 5.82 Å². The highest BCUT2D eigenvalue weighted by Gasteiger charge is 2.06. The maximum Gasteiger partial charge on any atom is 0.123 e.